The molecule has 0 aliphatic carbocycles. The summed E-state index contributed by atoms with van der Waals surface area (Å²) in [4.78, 5) is 12.5. The highest BCUT2D eigenvalue weighted by Gasteiger charge is 2.11. The molecule has 0 atom stereocenters. The van der Waals surface area contributed by atoms with Crippen molar-refractivity contribution in [2.24, 2.45) is 0 Å². The summed E-state index contributed by atoms with van der Waals surface area (Å²) in [6, 6.07) is 5.82. The van der Waals surface area contributed by atoms with Crippen molar-refractivity contribution < 1.29 is 0 Å². The first-order valence-corrected chi connectivity index (χ1v) is 6.62. The number of rotatable bonds is 4. The van der Waals surface area contributed by atoms with Crippen molar-refractivity contribution >= 4 is 17.4 Å². The van der Waals surface area contributed by atoms with E-state index in [1.54, 1.807) is 4.57 Å². The number of anilines is 1. The summed E-state index contributed by atoms with van der Waals surface area (Å²) >= 11 is 1.41. The maximum atomic E-state index is 11.6. The molecular formula is C12H16N4OS. The van der Waals surface area contributed by atoms with Gasteiger partial charge in [0.2, 0.25) is 0 Å². The number of nitrogen functional groups attached to an aromatic ring is 1. The number of hydrogen-bond acceptors (Lipinski definition) is 4. The Balaban J connectivity index is 2.34. The minimum Gasteiger partial charge on any atom is -0.398 e. The topological polar surface area (TPSA) is 76.7 Å². The standard InChI is InChI=1S/C12H16N4OS/c1-3-6-16-11(17)14-15-12(16)18-10-7-8(2)4-5-9(10)13/h4-5,7H,3,6,13H2,1-2H3,(H,14,17). The molecular weight excluding hydrogens is 248 g/mol. The van der Waals surface area contributed by atoms with Crippen LogP contribution in [0.3, 0.4) is 0 Å². The predicted molar refractivity (Wildman–Crippen MR) is 72.9 cm³/mol. The molecule has 5 nitrogen and oxygen atoms in total. The molecule has 0 saturated carbocycles. The van der Waals surface area contributed by atoms with Crippen LogP contribution in [-0.4, -0.2) is 14.8 Å². The van der Waals surface area contributed by atoms with Gasteiger partial charge in [-0.25, -0.2) is 9.89 Å². The monoisotopic (exact) mass is 264 g/mol. The Kier molecular flexibility index (Phi) is 3.76. The van der Waals surface area contributed by atoms with Crippen LogP contribution in [0.1, 0.15) is 18.9 Å². The second-order valence-electron chi connectivity index (χ2n) is 4.11. The molecule has 0 fully saturated rings. The van der Waals surface area contributed by atoms with Crippen LogP contribution in [0.15, 0.2) is 33.0 Å². The molecule has 18 heavy (non-hydrogen) atoms. The zero-order valence-electron chi connectivity index (χ0n) is 10.4. The third kappa shape index (κ3) is 2.59. The number of hydrogen-bond donors (Lipinski definition) is 2. The molecule has 96 valence electrons. The van der Waals surface area contributed by atoms with Gasteiger partial charge in [-0.2, -0.15) is 0 Å². The van der Waals surface area contributed by atoms with Crippen molar-refractivity contribution in [1.29, 1.82) is 0 Å². The third-order valence-corrected chi connectivity index (χ3v) is 3.61. The van der Waals surface area contributed by atoms with E-state index in [9.17, 15) is 4.79 Å². The maximum Gasteiger partial charge on any atom is 0.343 e. The van der Waals surface area contributed by atoms with Gasteiger partial charge in [0.15, 0.2) is 5.16 Å². The van der Waals surface area contributed by atoms with Crippen molar-refractivity contribution in [1.82, 2.24) is 14.8 Å². The Hall–Kier alpha value is -1.69. The summed E-state index contributed by atoms with van der Waals surface area (Å²) < 4.78 is 1.63. The zero-order chi connectivity index (χ0) is 13.1. The highest BCUT2D eigenvalue weighted by atomic mass is 32.2. The number of aromatic nitrogens is 3. The minimum atomic E-state index is -0.175. The lowest BCUT2D eigenvalue weighted by Gasteiger charge is -2.06. The molecule has 0 amide bonds. The summed E-state index contributed by atoms with van der Waals surface area (Å²) in [6.45, 7) is 4.69. The van der Waals surface area contributed by atoms with Crippen LogP contribution in [-0.2, 0) is 6.54 Å². The molecule has 0 unspecified atom stereocenters. The molecule has 0 bridgehead atoms. The molecule has 1 aromatic heterocycles. The van der Waals surface area contributed by atoms with Crippen molar-refractivity contribution in [2.45, 2.75) is 36.9 Å². The average molecular weight is 264 g/mol. The number of nitrogens with one attached hydrogen (secondary N) is 1. The predicted octanol–water partition coefficient (Wildman–Crippen LogP) is 2.02. The van der Waals surface area contributed by atoms with Crippen LogP contribution in [0.2, 0.25) is 0 Å². The molecule has 1 heterocycles. The SMILES string of the molecule is CCCn1c(Sc2cc(C)ccc2N)n[nH]c1=O. The van der Waals surface area contributed by atoms with Crippen LogP contribution in [0, 0.1) is 6.92 Å². The number of aryl methyl sites for hydroxylation is 1. The van der Waals surface area contributed by atoms with Crippen molar-refractivity contribution in [3.8, 4) is 0 Å². The lowest BCUT2D eigenvalue weighted by molar-refractivity contribution is 0.604. The molecule has 2 aromatic rings. The van der Waals surface area contributed by atoms with Gasteiger partial charge in [-0.15, -0.1) is 5.10 Å². The van der Waals surface area contributed by atoms with Crippen LogP contribution < -0.4 is 11.4 Å². The van der Waals surface area contributed by atoms with Gasteiger partial charge >= 0.3 is 5.69 Å². The van der Waals surface area contributed by atoms with Crippen molar-refractivity contribution in [3.05, 3.63) is 34.2 Å². The normalized spacial score (nSPS) is 10.8. The van der Waals surface area contributed by atoms with E-state index in [0.29, 0.717) is 17.4 Å². The zero-order valence-corrected chi connectivity index (χ0v) is 11.3. The van der Waals surface area contributed by atoms with E-state index >= 15 is 0 Å². The van der Waals surface area contributed by atoms with Gasteiger partial charge in [0.1, 0.15) is 0 Å². The van der Waals surface area contributed by atoms with Gasteiger partial charge in [0.25, 0.3) is 0 Å². The Morgan fingerprint density at radius 3 is 3.00 bits per heavy atom. The van der Waals surface area contributed by atoms with E-state index in [1.165, 1.54) is 11.8 Å². The lowest BCUT2D eigenvalue weighted by atomic mass is 10.2. The summed E-state index contributed by atoms with van der Waals surface area (Å²) in [7, 11) is 0. The Morgan fingerprint density at radius 2 is 2.28 bits per heavy atom. The quantitative estimate of drug-likeness (QED) is 0.828. The largest absolute Gasteiger partial charge is 0.398 e. The van der Waals surface area contributed by atoms with Crippen LogP contribution in [0.25, 0.3) is 0 Å². The van der Waals surface area contributed by atoms with Gasteiger partial charge in [-0.3, -0.25) is 4.57 Å². The minimum absolute atomic E-state index is 0.175. The fourth-order valence-corrected chi connectivity index (χ4v) is 2.63. The number of benzene rings is 1. The molecule has 1 aromatic carbocycles. The molecule has 0 spiro atoms. The third-order valence-electron chi connectivity index (χ3n) is 2.54. The average Bonchev–Trinajstić information content (AvgIpc) is 2.67. The molecule has 0 radical (unpaired) electrons. The Morgan fingerprint density at radius 1 is 1.50 bits per heavy atom. The van der Waals surface area contributed by atoms with Crippen LogP contribution in [0.5, 0.6) is 0 Å². The molecule has 2 rings (SSSR count). The number of nitrogens with two attached hydrogens (primary N) is 1. The van der Waals surface area contributed by atoms with E-state index in [2.05, 4.69) is 10.2 Å². The molecule has 6 heteroatoms. The van der Waals surface area contributed by atoms with Crippen molar-refractivity contribution in [3.63, 3.8) is 0 Å². The summed E-state index contributed by atoms with van der Waals surface area (Å²) in [5, 5.41) is 7.16. The second kappa shape index (κ2) is 5.30. The van der Waals surface area contributed by atoms with Gasteiger partial charge in [0.05, 0.1) is 0 Å². The highest BCUT2D eigenvalue weighted by Crippen LogP contribution is 2.30. The van der Waals surface area contributed by atoms with E-state index < -0.39 is 0 Å². The fourth-order valence-electron chi connectivity index (χ4n) is 1.63. The molecule has 0 aliphatic heterocycles. The number of aromatic amines is 1. The smallest absolute Gasteiger partial charge is 0.343 e. The summed E-state index contributed by atoms with van der Waals surface area (Å²) in [5.74, 6) is 0. The van der Waals surface area contributed by atoms with Crippen LogP contribution >= 0.6 is 11.8 Å². The fraction of sp³-hybridized carbons (Fsp3) is 0.333. The van der Waals surface area contributed by atoms with Gasteiger partial charge in [-0.05, 0) is 42.8 Å². The van der Waals surface area contributed by atoms with E-state index in [0.717, 1.165) is 16.9 Å². The Bertz CT molecular complexity index is 602. The summed E-state index contributed by atoms with van der Waals surface area (Å²) in [5.41, 5.74) is 7.58. The number of nitrogens with zero attached hydrogens (tertiary/aromatic N) is 2. The van der Waals surface area contributed by atoms with E-state index in [1.807, 2.05) is 32.0 Å². The summed E-state index contributed by atoms with van der Waals surface area (Å²) in [6.07, 6.45) is 0.885. The molecule has 0 aliphatic rings. The first kappa shape index (κ1) is 12.8. The van der Waals surface area contributed by atoms with Gasteiger partial charge < -0.3 is 5.73 Å². The second-order valence-corrected chi connectivity index (χ2v) is 5.12. The maximum absolute atomic E-state index is 11.6. The first-order chi connectivity index (χ1) is 8.61. The highest BCUT2D eigenvalue weighted by molar-refractivity contribution is 7.99. The van der Waals surface area contributed by atoms with Crippen molar-refractivity contribution in [2.75, 3.05) is 5.73 Å². The van der Waals surface area contributed by atoms with Gasteiger partial charge in [-0.1, -0.05) is 13.0 Å². The van der Waals surface area contributed by atoms with Crippen LogP contribution in [0.4, 0.5) is 5.69 Å². The van der Waals surface area contributed by atoms with Gasteiger partial charge in [0, 0.05) is 17.1 Å². The van der Waals surface area contributed by atoms with E-state index in [-0.39, 0.29) is 5.69 Å². The van der Waals surface area contributed by atoms with E-state index in [4.69, 9.17) is 5.73 Å². The molecule has 3 N–H and O–H groups in total. The lowest BCUT2D eigenvalue weighted by Crippen LogP contribution is -2.17. The number of H-pyrrole nitrogens is 1. The Labute approximate surface area is 109 Å². The first-order valence-electron chi connectivity index (χ1n) is 5.81. The molecule has 0 saturated heterocycles.